The summed E-state index contributed by atoms with van der Waals surface area (Å²) in [5, 5.41) is 11.6. The molecule has 0 amide bonds. The van der Waals surface area contributed by atoms with Crippen molar-refractivity contribution in [2.45, 2.75) is 45.6 Å². The van der Waals surface area contributed by atoms with Crippen LogP contribution in [-0.4, -0.2) is 27.8 Å². The molecule has 0 saturated heterocycles. The zero-order valence-electron chi connectivity index (χ0n) is 10.6. The molecule has 1 fully saturated rings. The number of anilines is 1. The molecule has 5 heteroatoms. The molecule has 1 aromatic heterocycles. The molecule has 94 valence electrons. The van der Waals surface area contributed by atoms with Gasteiger partial charge in [0.2, 0.25) is 5.95 Å². The van der Waals surface area contributed by atoms with Gasteiger partial charge in [-0.05, 0) is 31.6 Å². The second-order valence-electron chi connectivity index (χ2n) is 4.71. The van der Waals surface area contributed by atoms with E-state index in [0.29, 0.717) is 17.9 Å². The highest BCUT2D eigenvalue weighted by Crippen LogP contribution is 2.25. The van der Waals surface area contributed by atoms with E-state index in [1.54, 1.807) is 0 Å². The van der Waals surface area contributed by atoms with Gasteiger partial charge in [0, 0.05) is 12.6 Å². The SMILES string of the molecule is CCc1nnc(NCC2CC(N)C2)nc1CC. The summed E-state index contributed by atoms with van der Waals surface area (Å²) in [7, 11) is 0. The summed E-state index contributed by atoms with van der Waals surface area (Å²) in [4.78, 5) is 4.50. The fourth-order valence-electron chi connectivity index (χ4n) is 2.20. The van der Waals surface area contributed by atoms with Crippen molar-refractivity contribution in [2.75, 3.05) is 11.9 Å². The zero-order chi connectivity index (χ0) is 12.3. The monoisotopic (exact) mass is 235 g/mol. The van der Waals surface area contributed by atoms with Gasteiger partial charge in [0.1, 0.15) is 0 Å². The maximum absolute atomic E-state index is 5.75. The first kappa shape index (κ1) is 12.2. The summed E-state index contributed by atoms with van der Waals surface area (Å²) in [5.74, 6) is 1.32. The van der Waals surface area contributed by atoms with Gasteiger partial charge in [0.05, 0.1) is 11.4 Å². The molecule has 1 aliphatic carbocycles. The number of aromatic nitrogens is 3. The van der Waals surface area contributed by atoms with Crippen molar-refractivity contribution in [1.29, 1.82) is 0 Å². The average molecular weight is 235 g/mol. The van der Waals surface area contributed by atoms with Gasteiger partial charge in [-0.3, -0.25) is 0 Å². The molecule has 3 N–H and O–H groups in total. The van der Waals surface area contributed by atoms with Crippen molar-refractivity contribution in [1.82, 2.24) is 15.2 Å². The molecule has 0 spiro atoms. The summed E-state index contributed by atoms with van der Waals surface area (Å²) in [6.07, 6.45) is 4.00. The van der Waals surface area contributed by atoms with E-state index in [1.165, 1.54) is 0 Å². The predicted octanol–water partition coefficient (Wildman–Crippen LogP) is 1.15. The summed E-state index contributed by atoms with van der Waals surface area (Å²) < 4.78 is 0. The van der Waals surface area contributed by atoms with E-state index in [2.05, 4.69) is 34.3 Å². The molecule has 2 rings (SSSR count). The smallest absolute Gasteiger partial charge is 0.242 e. The summed E-state index contributed by atoms with van der Waals surface area (Å²) in [5.41, 5.74) is 7.80. The fourth-order valence-corrected chi connectivity index (χ4v) is 2.20. The van der Waals surface area contributed by atoms with Crippen molar-refractivity contribution in [3.05, 3.63) is 11.4 Å². The van der Waals surface area contributed by atoms with E-state index in [-0.39, 0.29) is 0 Å². The topological polar surface area (TPSA) is 76.7 Å². The number of nitrogens with one attached hydrogen (secondary N) is 1. The van der Waals surface area contributed by atoms with Crippen molar-refractivity contribution in [3.63, 3.8) is 0 Å². The lowest BCUT2D eigenvalue weighted by Gasteiger charge is -2.32. The van der Waals surface area contributed by atoms with Crippen molar-refractivity contribution in [2.24, 2.45) is 11.7 Å². The Bertz CT molecular complexity index is 373. The molecule has 1 heterocycles. The number of nitrogens with two attached hydrogens (primary N) is 1. The minimum Gasteiger partial charge on any atom is -0.353 e. The van der Waals surface area contributed by atoms with Gasteiger partial charge in [-0.1, -0.05) is 13.8 Å². The number of hydrogen-bond donors (Lipinski definition) is 2. The third-order valence-corrected chi connectivity index (χ3v) is 3.33. The summed E-state index contributed by atoms with van der Waals surface area (Å²) >= 11 is 0. The first-order valence-corrected chi connectivity index (χ1v) is 6.44. The first-order chi connectivity index (χ1) is 8.22. The molecule has 0 aromatic carbocycles. The van der Waals surface area contributed by atoms with Crippen LogP contribution in [0.3, 0.4) is 0 Å². The molecule has 0 unspecified atom stereocenters. The van der Waals surface area contributed by atoms with Crippen LogP contribution in [-0.2, 0) is 12.8 Å². The minimum absolute atomic E-state index is 0.398. The lowest BCUT2D eigenvalue weighted by molar-refractivity contribution is 0.279. The molecule has 17 heavy (non-hydrogen) atoms. The number of hydrogen-bond acceptors (Lipinski definition) is 5. The second kappa shape index (κ2) is 5.40. The Balaban J connectivity index is 1.92. The van der Waals surface area contributed by atoms with Gasteiger partial charge < -0.3 is 11.1 Å². The predicted molar refractivity (Wildman–Crippen MR) is 67.8 cm³/mol. The van der Waals surface area contributed by atoms with Crippen LogP contribution in [0.5, 0.6) is 0 Å². The molecule has 1 saturated carbocycles. The zero-order valence-corrected chi connectivity index (χ0v) is 10.6. The molecule has 0 radical (unpaired) electrons. The number of rotatable bonds is 5. The Morgan fingerprint density at radius 3 is 2.47 bits per heavy atom. The Labute approximate surface area is 102 Å². The third-order valence-electron chi connectivity index (χ3n) is 3.33. The van der Waals surface area contributed by atoms with E-state index in [1.807, 2.05) is 0 Å². The van der Waals surface area contributed by atoms with Crippen LogP contribution in [0.25, 0.3) is 0 Å². The van der Waals surface area contributed by atoms with Gasteiger partial charge >= 0.3 is 0 Å². The fraction of sp³-hybridized carbons (Fsp3) is 0.750. The van der Waals surface area contributed by atoms with Crippen LogP contribution in [0.4, 0.5) is 5.95 Å². The highest BCUT2D eigenvalue weighted by atomic mass is 15.2. The lowest BCUT2D eigenvalue weighted by Crippen LogP contribution is -2.39. The standard InChI is InChI=1S/C12H21N5/c1-3-10-11(4-2)16-17-12(15-10)14-7-8-5-9(13)6-8/h8-9H,3-7,13H2,1-2H3,(H,14,15,17). The van der Waals surface area contributed by atoms with Gasteiger partial charge in [-0.15, -0.1) is 5.10 Å². The largest absolute Gasteiger partial charge is 0.353 e. The number of nitrogens with zero attached hydrogens (tertiary/aromatic N) is 3. The van der Waals surface area contributed by atoms with Crippen molar-refractivity contribution in [3.8, 4) is 0 Å². The van der Waals surface area contributed by atoms with E-state index < -0.39 is 0 Å². The van der Waals surface area contributed by atoms with Crippen LogP contribution in [0.1, 0.15) is 38.1 Å². The van der Waals surface area contributed by atoms with E-state index in [0.717, 1.165) is 43.6 Å². The first-order valence-electron chi connectivity index (χ1n) is 6.44. The van der Waals surface area contributed by atoms with Gasteiger partial charge in [0.25, 0.3) is 0 Å². The van der Waals surface area contributed by atoms with E-state index in [4.69, 9.17) is 5.73 Å². The number of aryl methyl sites for hydroxylation is 2. The Morgan fingerprint density at radius 2 is 1.88 bits per heavy atom. The van der Waals surface area contributed by atoms with Gasteiger partial charge in [-0.2, -0.15) is 5.10 Å². The Morgan fingerprint density at radius 1 is 1.18 bits per heavy atom. The summed E-state index contributed by atoms with van der Waals surface area (Å²) in [6, 6.07) is 0.398. The van der Waals surface area contributed by atoms with Crippen LogP contribution in [0.15, 0.2) is 0 Å². The third kappa shape index (κ3) is 2.91. The van der Waals surface area contributed by atoms with Crippen LogP contribution < -0.4 is 11.1 Å². The molecule has 0 atom stereocenters. The van der Waals surface area contributed by atoms with Crippen LogP contribution >= 0.6 is 0 Å². The quantitative estimate of drug-likeness (QED) is 0.800. The highest BCUT2D eigenvalue weighted by Gasteiger charge is 2.25. The Kier molecular flexibility index (Phi) is 3.89. The van der Waals surface area contributed by atoms with Gasteiger partial charge in [-0.25, -0.2) is 4.98 Å². The Hall–Kier alpha value is -1.23. The maximum atomic E-state index is 5.75. The molecular weight excluding hydrogens is 214 g/mol. The normalized spacial score (nSPS) is 23.2. The molecule has 0 bridgehead atoms. The van der Waals surface area contributed by atoms with Crippen molar-refractivity contribution >= 4 is 5.95 Å². The molecule has 5 nitrogen and oxygen atoms in total. The maximum Gasteiger partial charge on any atom is 0.242 e. The van der Waals surface area contributed by atoms with E-state index >= 15 is 0 Å². The lowest BCUT2D eigenvalue weighted by atomic mass is 9.81. The van der Waals surface area contributed by atoms with Crippen LogP contribution in [0.2, 0.25) is 0 Å². The molecule has 0 aliphatic heterocycles. The molecular formula is C12H21N5. The van der Waals surface area contributed by atoms with Gasteiger partial charge in [0.15, 0.2) is 0 Å². The molecule has 1 aromatic rings. The van der Waals surface area contributed by atoms with Crippen molar-refractivity contribution < 1.29 is 0 Å². The second-order valence-corrected chi connectivity index (χ2v) is 4.71. The van der Waals surface area contributed by atoms with Crippen LogP contribution in [0, 0.1) is 5.92 Å². The summed E-state index contributed by atoms with van der Waals surface area (Å²) in [6.45, 7) is 5.08. The minimum atomic E-state index is 0.398. The van der Waals surface area contributed by atoms with E-state index in [9.17, 15) is 0 Å². The average Bonchev–Trinajstić information content (AvgIpc) is 2.32. The highest BCUT2D eigenvalue weighted by molar-refractivity contribution is 5.26. The molecule has 1 aliphatic rings.